The molecule has 0 radical (unpaired) electrons. The minimum absolute atomic E-state index is 0.00903. The topological polar surface area (TPSA) is 109 Å². The second-order valence-electron chi connectivity index (χ2n) is 4.92. The summed E-state index contributed by atoms with van der Waals surface area (Å²) < 4.78 is 0. The molecule has 2 rings (SSSR count). The quantitative estimate of drug-likeness (QED) is 0.850. The monoisotopic (exact) mass is 288 g/mol. The lowest BCUT2D eigenvalue weighted by atomic mass is 10.1. The average Bonchev–Trinajstić information content (AvgIpc) is 2.43. The third-order valence-electron chi connectivity index (χ3n) is 3.08. The summed E-state index contributed by atoms with van der Waals surface area (Å²) in [5.41, 5.74) is 5.94. The number of primary amides is 1. The van der Waals surface area contributed by atoms with Crippen molar-refractivity contribution in [3.05, 3.63) is 30.1 Å². The first-order chi connectivity index (χ1) is 9.90. The molecule has 0 aliphatic carbocycles. The molecule has 1 aromatic heterocycles. The van der Waals surface area contributed by atoms with Crippen molar-refractivity contribution in [2.24, 2.45) is 5.73 Å². The zero-order valence-electron chi connectivity index (χ0n) is 11.8. The number of carbonyl (C=O) groups is 2. The number of amides is 1. The van der Waals surface area contributed by atoms with E-state index in [1.54, 1.807) is 11.0 Å². The Balaban J connectivity index is 2.57. The Morgan fingerprint density at radius 2 is 2.05 bits per heavy atom. The lowest BCUT2D eigenvalue weighted by Crippen LogP contribution is -2.39. The molecule has 2 aromatic rings. The summed E-state index contributed by atoms with van der Waals surface area (Å²) in [5, 5.41) is 9.69. The normalized spacial score (nSPS) is 10.8. The van der Waals surface area contributed by atoms with Crippen molar-refractivity contribution >= 4 is 28.6 Å². The van der Waals surface area contributed by atoms with Gasteiger partial charge in [-0.3, -0.25) is 4.79 Å². The SMILES string of the molecule is CC(C)N(CC(N)=O)c1ncnc2cc(C(=O)O)ccc12. The molecule has 0 spiro atoms. The molecular weight excluding hydrogens is 272 g/mol. The number of hydrogen-bond donors (Lipinski definition) is 2. The molecule has 110 valence electrons. The van der Waals surface area contributed by atoms with E-state index in [2.05, 4.69) is 9.97 Å². The van der Waals surface area contributed by atoms with Crippen molar-refractivity contribution in [1.82, 2.24) is 9.97 Å². The first-order valence-electron chi connectivity index (χ1n) is 6.43. The smallest absolute Gasteiger partial charge is 0.335 e. The Hall–Kier alpha value is -2.70. The molecule has 0 aliphatic rings. The van der Waals surface area contributed by atoms with Crippen LogP contribution in [-0.2, 0) is 4.79 Å². The van der Waals surface area contributed by atoms with Gasteiger partial charge >= 0.3 is 5.97 Å². The highest BCUT2D eigenvalue weighted by atomic mass is 16.4. The predicted molar refractivity (Wildman–Crippen MR) is 78.2 cm³/mol. The van der Waals surface area contributed by atoms with E-state index in [1.165, 1.54) is 18.5 Å². The van der Waals surface area contributed by atoms with Crippen LogP contribution in [0.5, 0.6) is 0 Å². The number of anilines is 1. The van der Waals surface area contributed by atoms with E-state index in [1.807, 2.05) is 13.8 Å². The highest BCUT2D eigenvalue weighted by Crippen LogP contribution is 2.25. The molecular formula is C14H16N4O3. The number of carbonyl (C=O) groups excluding carboxylic acids is 1. The van der Waals surface area contributed by atoms with Gasteiger partial charge < -0.3 is 15.7 Å². The standard InChI is InChI=1S/C14H16N4O3/c1-8(2)18(6-12(15)19)13-10-4-3-9(14(20)21)5-11(10)16-7-17-13/h3-5,7-8H,6H2,1-2H3,(H2,15,19)(H,20,21). The van der Waals surface area contributed by atoms with E-state index >= 15 is 0 Å². The number of carboxylic acids is 1. The Bertz CT molecular complexity index is 700. The summed E-state index contributed by atoms with van der Waals surface area (Å²) in [6, 6.07) is 4.62. The van der Waals surface area contributed by atoms with Gasteiger partial charge in [-0.1, -0.05) is 0 Å². The number of benzene rings is 1. The summed E-state index contributed by atoms with van der Waals surface area (Å²) in [5.74, 6) is -0.918. The maximum atomic E-state index is 11.2. The predicted octanol–water partition coefficient (Wildman–Crippen LogP) is 1.03. The first-order valence-corrected chi connectivity index (χ1v) is 6.43. The summed E-state index contributed by atoms with van der Waals surface area (Å²) in [7, 11) is 0. The lowest BCUT2D eigenvalue weighted by Gasteiger charge is -2.27. The minimum atomic E-state index is -1.02. The molecule has 0 bridgehead atoms. The summed E-state index contributed by atoms with van der Waals surface area (Å²) in [4.78, 5) is 32.3. The molecule has 0 saturated carbocycles. The second kappa shape index (κ2) is 5.74. The zero-order valence-corrected chi connectivity index (χ0v) is 11.8. The van der Waals surface area contributed by atoms with E-state index < -0.39 is 11.9 Å². The molecule has 0 fully saturated rings. The maximum absolute atomic E-state index is 11.2. The number of carboxylic acid groups (broad SMARTS) is 1. The van der Waals surface area contributed by atoms with Crippen LogP contribution in [0.4, 0.5) is 5.82 Å². The number of nitrogens with two attached hydrogens (primary N) is 1. The summed E-state index contributed by atoms with van der Waals surface area (Å²) in [6.07, 6.45) is 1.35. The molecule has 1 heterocycles. The molecule has 1 aromatic carbocycles. The average molecular weight is 288 g/mol. The van der Waals surface area contributed by atoms with Gasteiger partial charge in [0.25, 0.3) is 0 Å². The molecule has 3 N–H and O–H groups in total. The van der Waals surface area contributed by atoms with Crippen molar-refractivity contribution in [3.63, 3.8) is 0 Å². The van der Waals surface area contributed by atoms with Crippen molar-refractivity contribution in [2.45, 2.75) is 19.9 Å². The van der Waals surface area contributed by atoms with Gasteiger partial charge in [0, 0.05) is 11.4 Å². The van der Waals surface area contributed by atoms with E-state index in [9.17, 15) is 9.59 Å². The number of rotatable bonds is 5. The van der Waals surface area contributed by atoms with Crippen LogP contribution in [0, 0.1) is 0 Å². The van der Waals surface area contributed by atoms with Gasteiger partial charge in [0.2, 0.25) is 5.91 Å². The van der Waals surface area contributed by atoms with Gasteiger partial charge in [0.15, 0.2) is 0 Å². The van der Waals surface area contributed by atoms with Crippen LogP contribution >= 0.6 is 0 Å². The van der Waals surface area contributed by atoms with Crippen molar-refractivity contribution < 1.29 is 14.7 Å². The lowest BCUT2D eigenvalue weighted by molar-refractivity contribution is -0.116. The van der Waals surface area contributed by atoms with Crippen LogP contribution in [-0.4, -0.2) is 39.5 Å². The van der Waals surface area contributed by atoms with Gasteiger partial charge in [-0.05, 0) is 32.0 Å². The van der Waals surface area contributed by atoms with Gasteiger partial charge in [0.1, 0.15) is 12.1 Å². The summed E-state index contributed by atoms with van der Waals surface area (Å²) in [6.45, 7) is 3.87. The molecule has 21 heavy (non-hydrogen) atoms. The van der Waals surface area contributed by atoms with Crippen LogP contribution in [0.3, 0.4) is 0 Å². The van der Waals surface area contributed by atoms with Gasteiger partial charge in [-0.2, -0.15) is 0 Å². The molecule has 0 saturated heterocycles. The number of fused-ring (bicyclic) bond motifs is 1. The van der Waals surface area contributed by atoms with Gasteiger partial charge in [-0.25, -0.2) is 14.8 Å². The van der Waals surface area contributed by atoms with E-state index in [4.69, 9.17) is 10.8 Å². The zero-order chi connectivity index (χ0) is 15.6. The Labute approximate surface area is 121 Å². The fourth-order valence-corrected chi connectivity index (χ4v) is 2.07. The Morgan fingerprint density at radius 1 is 1.33 bits per heavy atom. The number of aromatic nitrogens is 2. The Morgan fingerprint density at radius 3 is 2.62 bits per heavy atom. The highest BCUT2D eigenvalue weighted by Gasteiger charge is 2.18. The third kappa shape index (κ3) is 3.07. The fraction of sp³-hybridized carbons (Fsp3) is 0.286. The largest absolute Gasteiger partial charge is 0.478 e. The molecule has 0 atom stereocenters. The number of hydrogen-bond acceptors (Lipinski definition) is 5. The summed E-state index contributed by atoms with van der Waals surface area (Å²) >= 11 is 0. The van der Waals surface area contributed by atoms with Crippen LogP contribution in [0.25, 0.3) is 10.9 Å². The highest BCUT2D eigenvalue weighted by molar-refractivity contribution is 5.97. The van der Waals surface area contributed by atoms with Crippen LogP contribution in [0.1, 0.15) is 24.2 Å². The number of aromatic carboxylic acids is 1. The van der Waals surface area contributed by atoms with Gasteiger partial charge in [-0.15, -0.1) is 0 Å². The molecule has 7 nitrogen and oxygen atoms in total. The third-order valence-corrected chi connectivity index (χ3v) is 3.08. The molecule has 1 amide bonds. The van der Waals surface area contributed by atoms with Crippen LogP contribution in [0.2, 0.25) is 0 Å². The van der Waals surface area contributed by atoms with Gasteiger partial charge in [0.05, 0.1) is 17.6 Å². The molecule has 0 unspecified atom stereocenters. The maximum Gasteiger partial charge on any atom is 0.335 e. The van der Waals surface area contributed by atoms with E-state index in [-0.39, 0.29) is 18.2 Å². The van der Waals surface area contributed by atoms with Crippen LogP contribution < -0.4 is 10.6 Å². The van der Waals surface area contributed by atoms with Crippen molar-refractivity contribution in [1.29, 1.82) is 0 Å². The fourth-order valence-electron chi connectivity index (χ4n) is 2.07. The van der Waals surface area contributed by atoms with Crippen molar-refractivity contribution in [2.75, 3.05) is 11.4 Å². The van der Waals surface area contributed by atoms with E-state index in [0.717, 1.165) is 0 Å². The van der Waals surface area contributed by atoms with Crippen molar-refractivity contribution in [3.8, 4) is 0 Å². The van der Waals surface area contributed by atoms with Crippen LogP contribution in [0.15, 0.2) is 24.5 Å². The Kier molecular flexibility index (Phi) is 4.02. The minimum Gasteiger partial charge on any atom is -0.478 e. The number of nitrogens with zero attached hydrogens (tertiary/aromatic N) is 3. The second-order valence-corrected chi connectivity index (χ2v) is 4.92. The molecule has 0 aliphatic heterocycles. The molecule has 7 heteroatoms. The van der Waals surface area contributed by atoms with E-state index in [0.29, 0.717) is 16.7 Å². The first kappa shape index (κ1) is 14.7.